The lowest BCUT2D eigenvalue weighted by atomic mass is 9.99. The minimum Gasteiger partial charge on any atom is -0.367 e. The highest BCUT2D eigenvalue weighted by Crippen LogP contribution is 2.33. The van der Waals surface area contributed by atoms with Crippen LogP contribution in [0.15, 0.2) is 67.8 Å². The number of anilines is 1. The highest BCUT2D eigenvalue weighted by molar-refractivity contribution is 5.88. The lowest BCUT2D eigenvalue weighted by molar-refractivity contribution is -0.127. The molecule has 1 aliphatic heterocycles. The number of pyridine rings is 1. The Balaban J connectivity index is 1.47. The first-order valence-electron chi connectivity index (χ1n) is 11.2. The molecule has 0 aliphatic carbocycles. The van der Waals surface area contributed by atoms with Gasteiger partial charge in [-0.2, -0.15) is 15.5 Å². The van der Waals surface area contributed by atoms with Crippen molar-refractivity contribution < 1.29 is 4.79 Å². The van der Waals surface area contributed by atoms with Crippen LogP contribution in [0.1, 0.15) is 12.5 Å². The Kier molecular flexibility index (Phi) is 5.38. The molecule has 8 nitrogen and oxygen atoms in total. The first kappa shape index (κ1) is 21.5. The van der Waals surface area contributed by atoms with E-state index in [0.29, 0.717) is 5.56 Å². The molecule has 0 bridgehead atoms. The fourth-order valence-electron chi connectivity index (χ4n) is 4.35. The lowest BCUT2D eigenvalue weighted by Crippen LogP contribution is -2.59. The molecule has 3 aromatic heterocycles. The summed E-state index contributed by atoms with van der Waals surface area (Å²) >= 11 is 0. The molecule has 4 heterocycles. The summed E-state index contributed by atoms with van der Waals surface area (Å²) in [6.07, 6.45) is 8.75. The molecule has 0 saturated carbocycles. The Labute approximate surface area is 197 Å². The van der Waals surface area contributed by atoms with E-state index in [0.717, 1.165) is 53.1 Å². The highest BCUT2D eigenvalue weighted by atomic mass is 16.2. The number of aryl methyl sites for hydroxylation is 1. The third-order valence-corrected chi connectivity index (χ3v) is 6.50. The molecule has 0 unspecified atom stereocenters. The summed E-state index contributed by atoms with van der Waals surface area (Å²) in [6.45, 7) is 7.99. The van der Waals surface area contributed by atoms with Crippen molar-refractivity contribution in [3.05, 3.63) is 73.3 Å². The molecule has 4 aromatic rings. The number of carbonyl (C=O) groups excluding carboxylic acids is 1. The summed E-state index contributed by atoms with van der Waals surface area (Å²) in [5.74, 6) is -0.0533. The van der Waals surface area contributed by atoms with Crippen LogP contribution in [0.3, 0.4) is 0 Å². The normalized spacial score (nSPS) is 13.5. The van der Waals surface area contributed by atoms with Crippen molar-refractivity contribution in [2.45, 2.75) is 19.5 Å². The minimum atomic E-state index is -0.0533. The summed E-state index contributed by atoms with van der Waals surface area (Å²) in [7, 11) is 1.82. The predicted molar refractivity (Wildman–Crippen MR) is 131 cm³/mol. The van der Waals surface area contributed by atoms with Crippen LogP contribution >= 0.6 is 0 Å². The molecule has 34 heavy (non-hydrogen) atoms. The molecule has 5 rings (SSSR count). The minimum absolute atomic E-state index is 0.0533. The number of hydrogen-bond acceptors (Lipinski definition) is 5. The van der Waals surface area contributed by atoms with Gasteiger partial charge >= 0.3 is 0 Å². The van der Waals surface area contributed by atoms with Crippen molar-refractivity contribution in [3.8, 4) is 28.3 Å². The lowest BCUT2D eigenvalue weighted by Gasteiger charge is -2.45. The average Bonchev–Trinajstić information content (AvgIpc) is 3.49. The second-order valence-electron chi connectivity index (χ2n) is 8.45. The number of nitrogens with zero attached hydrogens (tertiary/aromatic N) is 7. The topological polar surface area (TPSA) is 82.5 Å². The van der Waals surface area contributed by atoms with E-state index in [2.05, 4.69) is 65.0 Å². The fraction of sp³-hybridized carbons (Fsp3) is 0.231. The largest absolute Gasteiger partial charge is 0.367 e. The molecule has 0 N–H and O–H groups in total. The van der Waals surface area contributed by atoms with Gasteiger partial charge in [0.2, 0.25) is 5.91 Å². The van der Waals surface area contributed by atoms with E-state index >= 15 is 0 Å². The van der Waals surface area contributed by atoms with Crippen LogP contribution in [0.25, 0.3) is 27.8 Å². The number of carbonyl (C=O) groups is 1. The van der Waals surface area contributed by atoms with Crippen molar-refractivity contribution in [2.75, 3.05) is 25.0 Å². The molecular formula is C26H25N7O. The van der Waals surface area contributed by atoms with Crippen molar-refractivity contribution in [1.29, 1.82) is 5.26 Å². The van der Waals surface area contributed by atoms with E-state index in [1.807, 2.05) is 30.3 Å². The van der Waals surface area contributed by atoms with Gasteiger partial charge in [0, 0.05) is 61.5 Å². The molecule has 0 radical (unpaired) electrons. The second-order valence-corrected chi connectivity index (χ2v) is 8.45. The molecule has 1 amide bonds. The van der Waals surface area contributed by atoms with Gasteiger partial charge in [-0.1, -0.05) is 18.7 Å². The van der Waals surface area contributed by atoms with Gasteiger partial charge in [0.05, 0.1) is 29.5 Å². The van der Waals surface area contributed by atoms with Gasteiger partial charge in [-0.05, 0) is 36.8 Å². The van der Waals surface area contributed by atoms with Crippen molar-refractivity contribution in [1.82, 2.24) is 24.3 Å². The summed E-state index contributed by atoms with van der Waals surface area (Å²) in [6, 6.07) is 12.9. The van der Waals surface area contributed by atoms with Gasteiger partial charge in [-0.3, -0.25) is 9.48 Å². The molecule has 170 valence electrons. The fourth-order valence-corrected chi connectivity index (χ4v) is 4.35. The zero-order chi connectivity index (χ0) is 23.8. The Hall–Kier alpha value is -4.38. The first-order valence-corrected chi connectivity index (χ1v) is 11.2. The van der Waals surface area contributed by atoms with Gasteiger partial charge in [0.15, 0.2) is 0 Å². The summed E-state index contributed by atoms with van der Waals surface area (Å²) < 4.78 is 3.66. The van der Waals surface area contributed by atoms with Gasteiger partial charge in [0.25, 0.3) is 0 Å². The number of aromatic nitrogens is 4. The average molecular weight is 452 g/mol. The van der Waals surface area contributed by atoms with Gasteiger partial charge in [-0.15, -0.1) is 0 Å². The molecule has 0 spiro atoms. The van der Waals surface area contributed by atoms with Crippen LogP contribution in [0, 0.1) is 11.3 Å². The maximum atomic E-state index is 11.8. The van der Waals surface area contributed by atoms with E-state index in [-0.39, 0.29) is 11.9 Å². The molecule has 1 aromatic carbocycles. The highest BCUT2D eigenvalue weighted by Gasteiger charge is 2.31. The van der Waals surface area contributed by atoms with Crippen LogP contribution < -0.4 is 4.90 Å². The number of rotatable bonds is 6. The number of fused-ring (bicyclic) bond motifs is 1. The summed E-state index contributed by atoms with van der Waals surface area (Å²) in [4.78, 5) is 15.8. The molecule has 1 saturated heterocycles. The monoisotopic (exact) mass is 451 g/mol. The molecule has 8 heteroatoms. The number of amides is 1. The molecule has 1 fully saturated rings. The Morgan fingerprint density at radius 1 is 1.18 bits per heavy atom. The van der Waals surface area contributed by atoms with E-state index in [1.165, 1.54) is 6.08 Å². The maximum Gasteiger partial charge on any atom is 0.246 e. The van der Waals surface area contributed by atoms with Crippen LogP contribution in [0.5, 0.6) is 0 Å². The van der Waals surface area contributed by atoms with Gasteiger partial charge in [0.1, 0.15) is 6.07 Å². The zero-order valence-corrected chi connectivity index (χ0v) is 19.2. The van der Waals surface area contributed by atoms with Gasteiger partial charge < -0.3 is 9.80 Å². The number of likely N-dealkylation sites (N-methyl/N-ethyl adjacent to an activating group) is 1. The van der Waals surface area contributed by atoms with Crippen molar-refractivity contribution >= 4 is 17.1 Å². The van der Waals surface area contributed by atoms with Crippen LogP contribution in [0.4, 0.5) is 5.69 Å². The number of nitriles is 1. The van der Waals surface area contributed by atoms with E-state index < -0.39 is 0 Å². The zero-order valence-electron chi connectivity index (χ0n) is 19.2. The Morgan fingerprint density at radius 2 is 1.94 bits per heavy atom. The van der Waals surface area contributed by atoms with Crippen molar-refractivity contribution in [2.24, 2.45) is 0 Å². The Morgan fingerprint density at radius 3 is 2.59 bits per heavy atom. The number of benzene rings is 1. The van der Waals surface area contributed by atoms with E-state index in [4.69, 9.17) is 0 Å². The second kappa shape index (κ2) is 8.52. The van der Waals surface area contributed by atoms with E-state index in [9.17, 15) is 10.1 Å². The molecule has 0 atom stereocenters. The third-order valence-electron chi connectivity index (χ3n) is 6.50. The van der Waals surface area contributed by atoms with E-state index in [1.54, 1.807) is 15.6 Å². The predicted octanol–water partition coefficient (Wildman–Crippen LogP) is 3.59. The SMILES string of the molecule is C=CC(=O)N(C)C1CN(c2ccc(-c3cc(-c4cnn(CC)c4)cn4ncc(C#N)c34)cc2)C1. The summed E-state index contributed by atoms with van der Waals surface area (Å²) in [5.41, 5.74) is 6.36. The van der Waals surface area contributed by atoms with Crippen LogP contribution in [-0.4, -0.2) is 56.4 Å². The molecular weight excluding hydrogens is 426 g/mol. The third kappa shape index (κ3) is 3.61. The smallest absolute Gasteiger partial charge is 0.246 e. The first-order chi connectivity index (χ1) is 16.5. The van der Waals surface area contributed by atoms with Crippen molar-refractivity contribution in [3.63, 3.8) is 0 Å². The van der Waals surface area contributed by atoms with Crippen LogP contribution in [0.2, 0.25) is 0 Å². The Bertz CT molecular complexity index is 1420. The molecule has 1 aliphatic rings. The number of hydrogen-bond donors (Lipinski definition) is 0. The summed E-state index contributed by atoms with van der Waals surface area (Å²) in [5, 5.41) is 18.5. The van der Waals surface area contributed by atoms with Crippen LogP contribution in [-0.2, 0) is 11.3 Å². The maximum absolute atomic E-state index is 11.8. The standard InChI is InChI=1S/C26H25N7O/c1-4-25(34)30(3)23-16-31(17-23)22-8-6-18(7-9-22)24-10-19(21-13-28-32(5-2)14-21)15-33-26(24)20(11-27)12-29-33/h4,6-10,12-15,23H,1,5,16-17H2,2-3H3. The van der Waals surface area contributed by atoms with Gasteiger partial charge in [-0.25, -0.2) is 4.52 Å². The quantitative estimate of drug-likeness (QED) is 0.419.